The summed E-state index contributed by atoms with van der Waals surface area (Å²) < 4.78 is 19.0. The monoisotopic (exact) mass is 420 g/mol. The highest BCUT2D eigenvalue weighted by Gasteiger charge is 2.35. The molecule has 0 radical (unpaired) electrons. The number of aliphatic hydroxyl groups excluding tert-OH is 1. The van der Waals surface area contributed by atoms with Crippen molar-refractivity contribution in [2.24, 2.45) is 0 Å². The van der Waals surface area contributed by atoms with Crippen molar-refractivity contribution < 1.29 is 19.0 Å². The zero-order chi connectivity index (χ0) is 21.3. The van der Waals surface area contributed by atoms with Crippen molar-refractivity contribution in [3.8, 4) is 5.75 Å². The van der Waals surface area contributed by atoms with Gasteiger partial charge in [0, 0.05) is 18.3 Å². The maximum Gasteiger partial charge on any atom is 0.257 e. The predicted molar refractivity (Wildman–Crippen MR) is 106 cm³/mol. The fourth-order valence-electron chi connectivity index (χ4n) is 3.16. The molecule has 1 aromatic carbocycles. The first kappa shape index (κ1) is 21.1. The number of likely N-dealkylation sites (tertiary alicyclic amines) is 1. The molecule has 1 amide bonds. The van der Waals surface area contributed by atoms with Gasteiger partial charge in [0.05, 0.1) is 40.5 Å². The molecule has 3 rings (SSSR count). The molecule has 2 aromatic rings. The molecule has 0 bridgehead atoms. The van der Waals surface area contributed by atoms with Crippen molar-refractivity contribution in [1.29, 1.82) is 5.41 Å². The van der Waals surface area contributed by atoms with Crippen LogP contribution in [0.2, 0.25) is 5.02 Å². The van der Waals surface area contributed by atoms with Crippen molar-refractivity contribution in [1.82, 2.24) is 14.9 Å². The highest BCUT2D eigenvalue weighted by molar-refractivity contribution is 6.31. The lowest BCUT2D eigenvalue weighted by Crippen LogP contribution is -2.29. The number of halogens is 2. The van der Waals surface area contributed by atoms with Crippen LogP contribution in [0.1, 0.15) is 40.4 Å². The van der Waals surface area contributed by atoms with E-state index in [1.165, 1.54) is 24.0 Å². The zero-order valence-electron chi connectivity index (χ0n) is 16.4. The molecule has 7 nitrogen and oxygen atoms in total. The second kappa shape index (κ2) is 8.42. The van der Waals surface area contributed by atoms with Crippen LogP contribution in [0.15, 0.2) is 18.2 Å². The van der Waals surface area contributed by atoms with Gasteiger partial charge in [0.1, 0.15) is 24.0 Å². The molecule has 1 saturated heterocycles. The van der Waals surface area contributed by atoms with Crippen LogP contribution >= 0.6 is 11.6 Å². The van der Waals surface area contributed by atoms with Crippen molar-refractivity contribution in [3.05, 3.63) is 51.8 Å². The van der Waals surface area contributed by atoms with Gasteiger partial charge >= 0.3 is 0 Å². The Morgan fingerprint density at radius 1 is 1.41 bits per heavy atom. The second-order valence-electron chi connectivity index (χ2n) is 7.13. The molecule has 9 heteroatoms. The third kappa shape index (κ3) is 4.54. The summed E-state index contributed by atoms with van der Waals surface area (Å²) in [5.41, 5.74) is 1.73. The Kier molecular flexibility index (Phi) is 6.14. The van der Waals surface area contributed by atoms with Crippen molar-refractivity contribution >= 4 is 23.2 Å². The number of carbonyl (C=O) groups is 1. The SMILES string of the molecule is Cc1nc(C2CN(C(=O)c3ccc(F)cc3OCC(C)O)CC2=N)nc(C)c1Cl. The molecule has 2 atom stereocenters. The summed E-state index contributed by atoms with van der Waals surface area (Å²) in [4.78, 5) is 23.3. The van der Waals surface area contributed by atoms with Gasteiger partial charge in [-0.1, -0.05) is 11.6 Å². The third-order valence-electron chi connectivity index (χ3n) is 4.64. The molecule has 1 aromatic heterocycles. The second-order valence-corrected chi connectivity index (χ2v) is 7.51. The number of nitrogens with zero attached hydrogens (tertiary/aromatic N) is 3. The average molecular weight is 421 g/mol. The molecule has 29 heavy (non-hydrogen) atoms. The Morgan fingerprint density at radius 2 is 2.07 bits per heavy atom. The van der Waals surface area contributed by atoms with Crippen LogP contribution in [0.5, 0.6) is 5.75 Å². The molecular formula is C20H22ClFN4O3. The Hall–Kier alpha value is -2.58. The number of benzene rings is 1. The molecule has 154 valence electrons. The first-order valence-electron chi connectivity index (χ1n) is 9.15. The van der Waals surface area contributed by atoms with E-state index in [9.17, 15) is 14.3 Å². The molecule has 0 spiro atoms. The molecule has 2 unspecified atom stereocenters. The van der Waals surface area contributed by atoms with Crippen molar-refractivity contribution in [3.63, 3.8) is 0 Å². The van der Waals surface area contributed by atoms with E-state index in [1.807, 2.05) is 0 Å². The lowest BCUT2D eigenvalue weighted by molar-refractivity contribution is 0.0782. The van der Waals surface area contributed by atoms with E-state index in [0.717, 1.165) is 6.07 Å². The van der Waals surface area contributed by atoms with Crippen LogP contribution in [0.3, 0.4) is 0 Å². The normalized spacial score (nSPS) is 17.5. The summed E-state index contributed by atoms with van der Waals surface area (Å²) in [5.74, 6) is -0.861. The Labute approximate surface area is 173 Å². The number of hydrogen-bond acceptors (Lipinski definition) is 6. The fourth-order valence-corrected chi connectivity index (χ4v) is 3.25. The van der Waals surface area contributed by atoms with Gasteiger partial charge in [-0.05, 0) is 32.9 Å². The lowest BCUT2D eigenvalue weighted by atomic mass is 10.1. The van der Waals surface area contributed by atoms with Crippen molar-refractivity contribution in [2.75, 3.05) is 19.7 Å². The lowest BCUT2D eigenvalue weighted by Gasteiger charge is -2.19. The summed E-state index contributed by atoms with van der Waals surface area (Å²) in [6, 6.07) is 3.64. The summed E-state index contributed by atoms with van der Waals surface area (Å²) in [5, 5.41) is 18.2. The number of hydrogen-bond donors (Lipinski definition) is 2. The summed E-state index contributed by atoms with van der Waals surface area (Å²) in [6.07, 6.45) is -0.765. The van der Waals surface area contributed by atoms with E-state index in [1.54, 1.807) is 13.8 Å². The summed E-state index contributed by atoms with van der Waals surface area (Å²) >= 11 is 6.13. The fraction of sp³-hybridized carbons (Fsp3) is 0.400. The zero-order valence-corrected chi connectivity index (χ0v) is 17.1. The quantitative estimate of drug-likeness (QED) is 0.774. The van der Waals surface area contributed by atoms with Gasteiger partial charge in [-0.15, -0.1) is 0 Å². The molecule has 1 aliphatic rings. The molecular weight excluding hydrogens is 399 g/mol. The molecule has 0 aliphatic carbocycles. The van der Waals surface area contributed by atoms with Gasteiger partial charge in [-0.3, -0.25) is 4.79 Å². The van der Waals surface area contributed by atoms with Crippen LogP contribution < -0.4 is 4.74 Å². The Morgan fingerprint density at radius 3 is 2.69 bits per heavy atom. The molecule has 2 N–H and O–H groups in total. The van der Waals surface area contributed by atoms with Crippen LogP contribution in [-0.2, 0) is 0 Å². The number of nitrogens with one attached hydrogen (secondary N) is 1. The number of carbonyl (C=O) groups excluding carboxylic acids is 1. The van der Waals surface area contributed by atoms with Crippen LogP contribution in [0.4, 0.5) is 4.39 Å². The number of aromatic nitrogens is 2. The van der Waals surface area contributed by atoms with Gasteiger partial charge in [0.15, 0.2) is 0 Å². The van der Waals surface area contributed by atoms with Gasteiger partial charge in [-0.25, -0.2) is 14.4 Å². The van der Waals surface area contributed by atoms with Gasteiger partial charge in [0.25, 0.3) is 5.91 Å². The maximum atomic E-state index is 13.6. The standard InChI is InChI=1S/C20H22ClFN4O3/c1-10(27)9-29-17-6-13(22)4-5-14(17)20(28)26-7-15(16(23)8-26)19-24-11(2)18(21)12(3)25-19/h4-6,10,15,23,27H,7-9H2,1-3H3. The molecule has 1 aliphatic heterocycles. The maximum absolute atomic E-state index is 13.6. The van der Waals surface area contributed by atoms with Crippen molar-refractivity contribution in [2.45, 2.75) is 32.8 Å². The number of ether oxygens (including phenoxy) is 1. The van der Waals surface area contributed by atoms with Crippen LogP contribution in [0.25, 0.3) is 0 Å². The summed E-state index contributed by atoms with van der Waals surface area (Å²) in [7, 11) is 0. The van der Waals surface area contributed by atoms with Gasteiger partial charge in [-0.2, -0.15) is 0 Å². The highest BCUT2D eigenvalue weighted by atomic mass is 35.5. The number of amides is 1. The topological polar surface area (TPSA) is 99.4 Å². The average Bonchev–Trinajstić information content (AvgIpc) is 3.05. The highest BCUT2D eigenvalue weighted by Crippen LogP contribution is 2.29. The molecule has 0 saturated carbocycles. The largest absolute Gasteiger partial charge is 0.490 e. The summed E-state index contributed by atoms with van der Waals surface area (Å²) in [6.45, 7) is 5.34. The number of aryl methyl sites for hydroxylation is 2. The minimum absolute atomic E-state index is 0.0558. The molecule has 1 fully saturated rings. The van der Waals surface area contributed by atoms with Gasteiger partial charge < -0.3 is 20.2 Å². The van der Waals surface area contributed by atoms with E-state index in [2.05, 4.69) is 9.97 Å². The minimum atomic E-state index is -0.765. The van der Waals surface area contributed by atoms with Gasteiger partial charge in [0.2, 0.25) is 0 Å². The number of rotatable bonds is 5. The first-order valence-corrected chi connectivity index (χ1v) is 9.52. The Bertz CT molecular complexity index is 944. The predicted octanol–water partition coefficient (Wildman–Crippen LogP) is 2.90. The van der Waals surface area contributed by atoms with E-state index < -0.39 is 17.8 Å². The third-order valence-corrected chi connectivity index (χ3v) is 5.18. The Balaban J connectivity index is 1.84. The minimum Gasteiger partial charge on any atom is -0.490 e. The van der Waals surface area contributed by atoms with E-state index in [0.29, 0.717) is 27.9 Å². The van der Waals surface area contributed by atoms with E-state index in [-0.39, 0.29) is 36.9 Å². The van der Waals surface area contributed by atoms with Crippen LogP contribution in [0, 0.1) is 25.1 Å². The first-order chi connectivity index (χ1) is 13.7. The van der Waals surface area contributed by atoms with Crippen LogP contribution in [-0.4, -0.2) is 57.4 Å². The van der Waals surface area contributed by atoms with E-state index in [4.69, 9.17) is 21.7 Å². The van der Waals surface area contributed by atoms with E-state index >= 15 is 0 Å². The smallest absolute Gasteiger partial charge is 0.257 e. The number of aliphatic hydroxyl groups is 1. The molecule has 2 heterocycles.